The van der Waals surface area contributed by atoms with Crippen molar-refractivity contribution in [3.05, 3.63) is 23.7 Å². The number of aryl methyl sites for hydroxylation is 1. The van der Waals surface area contributed by atoms with Gasteiger partial charge in [-0.25, -0.2) is 0 Å². The molecule has 2 unspecified atom stereocenters. The van der Waals surface area contributed by atoms with Gasteiger partial charge in [-0.15, -0.1) is 0 Å². The zero-order valence-corrected chi connectivity index (χ0v) is 13.0. The average molecular weight is 280 g/mol. The molecule has 1 saturated heterocycles. The van der Waals surface area contributed by atoms with Gasteiger partial charge in [0.25, 0.3) is 0 Å². The fourth-order valence-corrected chi connectivity index (χ4v) is 2.91. The molecule has 2 heterocycles. The van der Waals surface area contributed by atoms with Gasteiger partial charge in [0.1, 0.15) is 5.76 Å². The van der Waals surface area contributed by atoms with Gasteiger partial charge in [0.15, 0.2) is 0 Å². The van der Waals surface area contributed by atoms with E-state index in [2.05, 4.69) is 30.3 Å². The highest BCUT2D eigenvalue weighted by Crippen LogP contribution is 2.18. The summed E-state index contributed by atoms with van der Waals surface area (Å²) in [6, 6.07) is 2.66. The molecule has 4 heteroatoms. The van der Waals surface area contributed by atoms with Gasteiger partial charge in [-0.05, 0) is 39.4 Å². The molecular formula is C16H28N2O2. The van der Waals surface area contributed by atoms with E-state index in [0.717, 1.165) is 45.0 Å². The molecule has 1 aromatic rings. The lowest BCUT2D eigenvalue weighted by Crippen LogP contribution is -2.47. The van der Waals surface area contributed by atoms with Crippen molar-refractivity contribution in [2.75, 3.05) is 33.4 Å². The summed E-state index contributed by atoms with van der Waals surface area (Å²) in [6.45, 7) is 9.11. The first kappa shape index (κ1) is 15.5. The van der Waals surface area contributed by atoms with Crippen molar-refractivity contribution < 1.29 is 9.15 Å². The van der Waals surface area contributed by atoms with Crippen molar-refractivity contribution in [2.45, 2.75) is 39.3 Å². The van der Waals surface area contributed by atoms with Gasteiger partial charge < -0.3 is 19.4 Å². The molecule has 1 fully saturated rings. The lowest BCUT2D eigenvalue weighted by Gasteiger charge is -2.35. The highest BCUT2D eigenvalue weighted by molar-refractivity contribution is 5.15. The summed E-state index contributed by atoms with van der Waals surface area (Å²) in [5.74, 6) is 1.60. The van der Waals surface area contributed by atoms with Crippen molar-refractivity contribution >= 4 is 0 Å². The normalized spacial score (nSPS) is 23.4. The quantitative estimate of drug-likeness (QED) is 0.832. The average Bonchev–Trinajstić information content (AvgIpc) is 2.83. The van der Waals surface area contributed by atoms with E-state index in [4.69, 9.17) is 9.15 Å². The van der Waals surface area contributed by atoms with Crippen LogP contribution in [0, 0.1) is 12.8 Å². The molecule has 1 N–H and O–H groups in total. The first-order chi connectivity index (χ1) is 9.70. The predicted octanol–water partition coefficient (Wildman–Crippen LogP) is 2.42. The van der Waals surface area contributed by atoms with Gasteiger partial charge >= 0.3 is 0 Å². The second-order valence-electron chi connectivity index (χ2n) is 5.88. The van der Waals surface area contributed by atoms with Crippen LogP contribution in [0.25, 0.3) is 0 Å². The maximum absolute atomic E-state index is 5.67. The van der Waals surface area contributed by atoms with Gasteiger partial charge in [-0.1, -0.05) is 6.92 Å². The topological polar surface area (TPSA) is 37.6 Å². The summed E-state index contributed by atoms with van der Waals surface area (Å²) in [6.07, 6.45) is 4.09. The third-order valence-electron chi connectivity index (χ3n) is 4.08. The van der Waals surface area contributed by atoms with E-state index in [0.29, 0.717) is 12.0 Å². The summed E-state index contributed by atoms with van der Waals surface area (Å²) < 4.78 is 11.0. The van der Waals surface area contributed by atoms with Crippen LogP contribution < -0.4 is 5.32 Å². The summed E-state index contributed by atoms with van der Waals surface area (Å²) in [5, 5.41) is 3.67. The Balaban J connectivity index is 1.84. The molecule has 0 amide bonds. The zero-order chi connectivity index (χ0) is 14.4. The molecule has 0 spiro atoms. The van der Waals surface area contributed by atoms with E-state index in [1.807, 2.05) is 6.92 Å². The lowest BCUT2D eigenvalue weighted by molar-refractivity contribution is 0.0189. The molecule has 20 heavy (non-hydrogen) atoms. The number of ether oxygens (including phenoxy) is 1. The third kappa shape index (κ3) is 4.33. The fourth-order valence-electron chi connectivity index (χ4n) is 2.91. The van der Waals surface area contributed by atoms with Gasteiger partial charge in [0.2, 0.25) is 0 Å². The number of rotatable bonds is 7. The van der Waals surface area contributed by atoms with E-state index in [-0.39, 0.29) is 0 Å². The lowest BCUT2D eigenvalue weighted by atomic mass is 9.95. The molecule has 2 rings (SSSR count). The molecule has 1 aliphatic heterocycles. The molecule has 114 valence electrons. The minimum atomic E-state index is 0.576. The number of hydrogen-bond acceptors (Lipinski definition) is 4. The van der Waals surface area contributed by atoms with Crippen molar-refractivity contribution in [2.24, 2.45) is 5.92 Å². The SMILES string of the molecule is CCCNC1CCOCC1CN(C)Cc1ccoc1C. The molecule has 2 atom stereocenters. The molecule has 4 nitrogen and oxygen atoms in total. The summed E-state index contributed by atoms with van der Waals surface area (Å²) >= 11 is 0. The minimum absolute atomic E-state index is 0.576. The van der Waals surface area contributed by atoms with E-state index >= 15 is 0 Å². The minimum Gasteiger partial charge on any atom is -0.469 e. The van der Waals surface area contributed by atoms with Gasteiger partial charge in [-0.2, -0.15) is 0 Å². The Hall–Kier alpha value is -0.840. The molecule has 1 aromatic heterocycles. The molecule has 0 saturated carbocycles. The number of nitrogens with zero attached hydrogens (tertiary/aromatic N) is 1. The van der Waals surface area contributed by atoms with Crippen LogP contribution in [-0.4, -0.2) is 44.3 Å². The molecule has 0 aliphatic carbocycles. The highest BCUT2D eigenvalue weighted by atomic mass is 16.5. The van der Waals surface area contributed by atoms with E-state index in [1.165, 1.54) is 12.0 Å². The second kappa shape index (κ2) is 7.81. The van der Waals surface area contributed by atoms with Crippen LogP contribution in [0.4, 0.5) is 0 Å². The van der Waals surface area contributed by atoms with E-state index in [9.17, 15) is 0 Å². The zero-order valence-electron chi connectivity index (χ0n) is 13.0. The largest absolute Gasteiger partial charge is 0.469 e. The Kier molecular flexibility index (Phi) is 6.07. The molecule has 1 aliphatic rings. The molecule has 0 radical (unpaired) electrons. The van der Waals surface area contributed by atoms with Crippen molar-refractivity contribution in [3.8, 4) is 0 Å². The molecule has 0 aromatic carbocycles. The summed E-state index contributed by atoms with van der Waals surface area (Å²) in [4.78, 5) is 2.37. The smallest absolute Gasteiger partial charge is 0.105 e. The summed E-state index contributed by atoms with van der Waals surface area (Å²) in [5.41, 5.74) is 1.28. The van der Waals surface area contributed by atoms with Crippen molar-refractivity contribution in [1.82, 2.24) is 10.2 Å². The Bertz CT molecular complexity index is 392. The Labute approximate surface area is 122 Å². The summed E-state index contributed by atoms with van der Waals surface area (Å²) in [7, 11) is 2.18. The first-order valence-electron chi connectivity index (χ1n) is 7.73. The number of hydrogen-bond donors (Lipinski definition) is 1. The molecular weight excluding hydrogens is 252 g/mol. The highest BCUT2D eigenvalue weighted by Gasteiger charge is 2.26. The van der Waals surface area contributed by atoms with Crippen molar-refractivity contribution in [3.63, 3.8) is 0 Å². The van der Waals surface area contributed by atoms with Crippen molar-refractivity contribution in [1.29, 1.82) is 0 Å². The van der Waals surface area contributed by atoms with E-state index in [1.54, 1.807) is 6.26 Å². The number of furan rings is 1. The number of nitrogens with one attached hydrogen (secondary N) is 1. The Morgan fingerprint density at radius 3 is 3.00 bits per heavy atom. The predicted molar refractivity (Wildman–Crippen MR) is 80.8 cm³/mol. The monoisotopic (exact) mass is 280 g/mol. The van der Waals surface area contributed by atoms with Crippen LogP contribution in [0.1, 0.15) is 31.1 Å². The first-order valence-corrected chi connectivity index (χ1v) is 7.73. The van der Waals surface area contributed by atoms with Crippen LogP contribution >= 0.6 is 0 Å². The third-order valence-corrected chi connectivity index (χ3v) is 4.08. The second-order valence-corrected chi connectivity index (χ2v) is 5.88. The van der Waals surface area contributed by atoms with Crippen LogP contribution in [0.3, 0.4) is 0 Å². The van der Waals surface area contributed by atoms with Crippen LogP contribution in [-0.2, 0) is 11.3 Å². The molecule has 0 bridgehead atoms. The van der Waals surface area contributed by atoms with Gasteiger partial charge in [-0.3, -0.25) is 0 Å². The Morgan fingerprint density at radius 1 is 1.45 bits per heavy atom. The van der Waals surface area contributed by atoms with Gasteiger partial charge in [0.05, 0.1) is 12.9 Å². The maximum atomic E-state index is 5.67. The fraction of sp³-hybridized carbons (Fsp3) is 0.750. The van der Waals surface area contributed by atoms with Crippen LogP contribution in [0.15, 0.2) is 16.7 Å². The van der Waals surface area contributed by atoms with Gasteiger partial charge in [0, 0.05) is 37.2 Å². The van der Waals surface area contributed by atoms with Crippen LogP contribution in [0.5, 0.6) is 0 Å². The van der Waals surface area contributed by atoms with Crippen LogP contribution in [0.2, 0.25) is 0 Å². The maximum Gasteiger partial charge on any atom is 0.105 e. The van der Waals surface area contributed by atoms with E-state index < -0.39 is 0 Å². The standard InChI is InChI=1S/C16H28N2O2/c1-4-7-17-16-6-8-19-12-15(16)11-18(3)10-14-5-9-20-13(14)2/h5,9,15-17H,4,6-8,10-12H2,1-3H3. The Morgan fingerprint density at radius 2 is 2.30 bits per heavy atom.